The highest BCUT2D eigenvalue weighted by molar-refractivity contribution is 5.77. The van der Waals surface area contributed by atoms with Crippen LogP contribution in [0, 0.1) is 0 Å². The van der Waals surface area contributed by atoms with Crippen LogP contribution in [0.5, 0.6) is 0 Å². The van der Waals surface area contributed by atoms with E-state index in [4.69, 9.17) is 4.84 Å². The zero-order valence-corrected chi connectivity index (χ0v) is 8.30. The first-order valence-corrected chi connectivity index (χ1v) is 4.93. The SMILES string of the molecule is CC1Cc2nc3ccccc3c(=O)n2O1. The Morgan fingerprint density at radius 2 is 2.27 bits per heavy atom. The standard InChI is InChI=1S/C11H10N2O2/c1-7-6-10-12-9-5-3-2-4-8(9)11(14)13(10)15-7/h2-5,7H,6H2,1H3. The van der Waals surface area contributed by atoms with Crippen molar-refractivity contribution in [2.45, 2.75) is 19.4 Å². The van der Waals surface area contributed by atoms with Crippen molar-refractivity contribution in [1.29, 1.82) is 0 Å². The minimum Gasteiger partial charge on any atom is -0.406 e. The van der Waals surface area contributed by atoms with Gasteiger partial charge < -0.3 is 4.84 Å². The predicted octanol–water partition coefficient (Wildman–Crippen LogP) is 0.770. The van der Waals surface area contributed by atoms with Crippen LogP contribution in [0.2, 0.25) is 0 Å². The summed E-state index contributed by atoms with van der Waals surface area (Å²) in [6.45, 7) is 1.93. The molecule has 3 rings (SSSR count). The lowest BCUT2D eigenvalue weighted by Crippen LogP contribution is -2.27. The summed E-state index contributed by atoms with van der Waals surface area (Å²) in [6, 6.07) is 7.33. The quantitative estimate of drug-likeness (QED) is 0.633. The van der Waals surface area contributed by atoms with Crippen LogP contribution in [-0.2, 0) is 6.42 Å². The van der Waals surface area contributed by atoms with E-state index in [1.807, 2.05) is 25.1 Å². The van der Waals surface area contributed by atoms with Gasteiger partial charge >= 0.3 is 0 Å². The average molecular weight is 202 g/mol. The molecule has 0 saturated carbocycles. The molecule has 0 fully saturated rings. The third-order valence-corrected chi connectivity index (χ3v) is 2.56. The van der Waals surface area contributed by atoms with Crippen LogP contribution in [0.25, 0.3) is 10.9 Å². The van der Waals surface area contributed by atoms with Crippen molar-refractivity contribution in [3.8, 4) is 0 Å². The number of nitrogens with zero attached hydrogens (tertiary/aromatic N) is 2. The van der Waals surface area contributed by atoms with Crippen molar-refractivity contribution in [2.24, 2.45) is 0 Å². The molecule has 0 saturated heterocycles. The first-order valence-electron chi connectivity index (χ1n) is 4.93. The summed E-state index contributed by atoms with van der Waals surface area (Å²) in [4.78, 5) is 21.8. The molecule has 76 valence electrons. The van der Waals surface area contributed by atoms with E-state index in [0.29, 0.717) is 17.6 Å². The number of hydrogen-bond acceptors (Lipinski definition) is 3. The fourth-order valence-electron chi connectivity index (χ4n) is 1.87. The van der Waals surface area contributed by atoms with Crippen LogP contribution in [-0.4, -0.2) is 15.8 Å². The molecule has 0 bridgehead atoms. The number of benzene rings is 1. The molecule has 0 aliphatic carbocycles. The van der Waals surface area contributed by atoms with Crippen molar-refractivity contribution in [3.63, 3.8) is 0 Å². The molecule has 4 heteroatoms. The molecule has 1 aromatic carbocycles. The first-order chi connectivity index (χ1) is 7.25. The largest absolute Gasteiger partial charge is 0.406 e. The third-order valence-electron chi connectivity index (χ3n) is 2.56. The van der Waals surface area contributed by atoms with Gasteiger partial charge in [-0.3, -0.25) is 4.79 Å². The minimum absolute atomic E-state index is 0.0296. The van der Waals surface area contributed by atoms with Gasteiger partial charge in [0.2, 0.25) is 0 Å². The lowest BCUT2D eigenvalue weighted by molar-refractivity contribution is 0.0813. The zero-order chi connectivity index (χ0) is 10.4. The summed E-state index contributed by atoms with van der Waals surface area (Å²) in [6.07, 6.45) is 0.724. The van der Waals surface area contributed by atoms with E-state index in [9.17, 15) is 4.79 Å². The molecule has 2 heterocycles. The maximum absolute atomic E-state index is 12.0. The lowest BCUT2D eigenvalue weighted by atomic mass is 10.2. The molecule has 0 N–H and O–H groups in total. The Hall–Kier alpha value is -1.84. The van der Waals surface area contributed by atoms with Crippen molar-refractivity contribution in [1.82, 2.24) is 9.71 Å². The second kappa shape index (κ2) is 2.82. The van der Waals surface area contributed by atoms with Gasteiger partial charge in [-0.05, 0) is 19.1 Å². The molecule has 2 aromatic rings. The highest BCUT2D eigenvalue weighted by Gasteiger charge is 2.22. The van der Waals surface area contributed by atoms with Crippen LogP contribution in [0.3, 0.4) is 0 Å². The Morgan fingerprint density at radius 3 is 3.13 bits per heavy atom. The number of rotatable bonds is 0. The summed E-state index contributed by atoms with van der Waals surface area (Å²) in [7, 11) is 0. The lowest BCUT2D eigenvalue weighted by Gasteiger charge is -2.04. The van der Waals surface area contributed by atoms with Crippen molar-refractivity contribution < 1.29 is 4.84 Å². The molecule has 0 spiro atoms. The average Bonchev–Trinajstić information content (AvgIpc) is 2.59. The van der Waals surface area contributed by atoms with Crippen molar-refractivity contribution in [2.75, 3.05) is 0 Å². The number of aromatic nitrogens is 2. The van der Waals surface area contributed by atoms with Gasteiger partial charge in [-0.2, -0.15) is 0 Å². The molecule has 1 unspecified atom stereocenters. The third kappa shape index (κ3) is 1.14. The number of hydrogen-bond donors (Lipinski definition) is 0. The van der Waals surface area contributed by atoms with Gasteiger partial charge in [0, 0.05) is 6.42 Å². The van der Waals surface area contributed by atoms with Crippen molar-refractivity contribution >= 4 is 10.9 Å². The highest BCUT2D eigenvalue weighted by atomic mass is 16.7. The maximum Gasteiger partial charge on any atom is 0.294 e. The monoisotopic (exact) mass is 202 g/mol. The van der Waals surface area contributed by atoms with E-state index in [1.54, 1.807) is 6.07 Å². The van der Waals surface area contributed by atoms with Crippen LogP contribution in [0.15, 0.2) is 29.1 Å². The van der Waals surface area contributed by atoms with Gasteiger partial charge in [-0.25, -0.2) is 4.98 Å². The van der Waals surface area contributed by atoms with Crippen LogP contribution in [0.4, 0.5) is 0 Å². The molecular weight excluding hydrogens is 192 g/mol. The van der Waals surface area contributed by atoms with Crippen LogP contribution in [0.1, 0.15) is 12.7 Å². The van der Waals surface area contributed by atoms with E-state index in [2.05, 4.69) is 4.98 Å². The second-order valence-electron chi connectivity index (χ2n) is 3.76. The Kier molecular flexibility index (Phi) is 1.59. The summed E-state index contributed by atoms with van der Waals surface area (Å²) in [5.74, 6) is 0.714. The fraction of sp³-hybridized carbons (Fsp3) is 0.273. The topological polar surface area (TPSA) is 44.1 Å². The Labute approximate surface area is 86.1 Å². The van der Waals surface area contributed by atoms with Gasteiger partial charge in [-0.1, -0.05) is 12.1 Å². The van der Waals surface area contributed by atoms with E-state index in [0.717, 1.165) is 5.52 Å². The van der Waals surface area contributed by atoms with Gasteiger partial charge in [0.15, 0.2) is 5.82 Å². The molecule has 1 aliphatic rings. The fourth-order valence-corrected chi connectivity index (χ4v) is 1.87. The molecular formula is C11H10N2O2. The molecule has 15 heavy (non-hydrogen) atoms. The minimum atomic E-state index is -0.111. The predicted molar refractivity (Wildman–Crippen MR) is 55.7 cm³/mol. The van der Waals surface area contributed by atoms with Crippen LogP contribution >= 0.6 is 0 Å². The molecule has 4 nitrogen and oxygen atoms in total. The summed E-state index contributed by atoms with van der Waals surface area (Å²) >= 11 is 0. The van der Waals surface area contributed by atoms with Crippen LogP contribution < -0.4 is 10.4 Å². The summed E-state index contributed by atoms with van der Waals surface area (Å²) < 4.78 is 1.31. The molecule has 0 amide bonds. The number of fused-ring (bicyclic) bond motifs is 2. The van der Waals surface area contributed by atoms with E-state index >= 15 is 0 Å². The Balaban J connectivity index is 2.40. The normalized spacial score (nSPS) is 18.9. The highest BCUT2D eigenvalue weighted by Crippen LogP contribution is 2.12. The maximum atomic E-state index is 12.0. The Morgan fingerprint density at radius 1 is 1.47 bits per heavy atom. The first kappa shape index (κ1) is 8.47. The smallest absolute Gasteiger partial charge is 0.294 e. The number of para-hydroxylation sites is 1. The van der Waals surface area contributed by atoms with Gasteiger partial charge in [0.05, 0.1) is 10.9 Å². The van der Waals surface area contributed by atoms with Gasteiger partial charge in [0.1, 0.15) is 6.10 Å². The Bertz CT molecular complexity index is 589. The molecule has 0 radical (unpaired) electrons. The molecule has 1 aromatic heterocycles. The zero-order valence-electron chi connectivity index (χ0n) is 8.30. The molecule has 1 atom stereocenters. The summed E-state index contributed by atoms with van der Waals surface area (Å²) in [5.41, 5.74) is 0.631. The second-order valence-corrected chi connectivity index (χ2v) is 3.76. The van der Waals surface area contributed by atoms with Crippen molar-refractivity contribution in [3.05, 3.63) is 40.4 Å². The molecule has 1 aliphatic heterocycles. The van der Waals surface area contributed by atoms with Gasteiger partial charge in [-0.15, -0.1) is 4.73 Å². The van der Waals surface area contributed by atoms with Gasteiger partial charge in [0.25, 0.3) is 5.56 Å². The van der Waals surface area contributed by atoms with E-state index in [1.165, 1.54) is 4.73 Å². The van der Waals surface area contributed by atoms with E-state index in [-0.39, 0.29) is 11.7 Å². The summed E-state index contributed by atoms with van der Waals surface area (Å²) in [5, 5.41) is 0.607. The van der Waals surface area contributed by atoms with E-state index < -0.39 is 0 Å².